The molecule has 0 radical (unpaired) electrons. The molecule has 2 unspecified atom stereocenters. The first kappa shape index (κ1) is 14.5. The van der Waals surface area contributed by atoms with Crippen LogP contribution in [0.1, 0.15) is 60.8 Å². The maximum atomic E-state index is 9.53. The Morgan fingerprint density at radius 1 is 1.00 bits per heavy atom. The Labute approximate surface area is 103 Å². The lowest BCUT2D eigenvalue weighted by atomic mass is 10.1. The van der Waals surface area contributed by atoms with Gasteiger partial charge in [0.1, 0.15) is 0 Å². The lowest BCUT2D eigenvalue weighted by molar-refractivity contribution is 0.231. The molecule has 0 spiro atoms. The molecule has 1 rings (SSSR count). The standard InChI is InChI=1S/C14H29OP/c1-13(2,3)16(14(4,5)6)12-9-7-8-11(12)10-15/h11-12,15H,7-10H2,1-6H3. The van der Waals surface area contributed by atoms with Gasteiger partial charge in [-0.15, -0.1) is 0 Å². The van der Waals surface area contributed by atoms with Crippen LogP contribution in [0, 0.1) is 5.92 Å². The molecule has 0 aliphatic heterocycles. The summed E-state index contributed by atoms with van der Waals surface area (Å²) in [6, 6.07) is 0. The van der Waals surface area contributed by atoms with E-state index < -0.39 is 0 Å². The average Bonchev–Trinajstić information content (AvgIpc) is 2.46. The summed E-state index contributed by atoms with van der Waals surface area (Å²) in [6.07, 6.45) is 3.90. The van der Waals surface area contributed by atoms with E-state index in [0.717, 1.165) is 5.66 Å². The maximum absolute atomic E-state index is 9.53. The molecule has 1 N–H and O–H groups in total. The molecule has 0 heterocycles. The van der Waals surface area contributed by atoms with Gasteiger partial charge in [-0.3, -0.25) is 0 Å². The molecule has 96 valence electrons. The van der Waals surface area contributed by atoms with Gasteiger partial charge < -0.3 is 5.11 Å². The topological polar surface area (TPSA) is 20.2 Å². The number of rotatable bonds is 2. The number of hydrogen-bond donors (Lipinski definition) is 1. The molecule has 0 aromatic carbocycles. The van der Waals surface area contributed by atoms with Crippen LogP contribution in [-0.4, -0.2) is 27.7 Å². The highest BCUT2D eigenvalue weighted by atomic mass is 31.1. The molecule has 0 aromatic heterocycles. The molecule has 2 atom stereocenters. The van der Waals surface area contributed by atoms with Gasteiger partial charge in [-0.2, -0.15) is 0 Å². The zero-order chi connectivity index (χ0) is 12.6. The Hall–Kier alpha value is 0.390. The fourth-order valence-corrected chi connectivity index (χ4v) is 8.68. The Morgan fingerprint density at radius 3 is 1.88 bits per heavy atom. The van der Waals surface area contributed by atoms with Gasteiger partial charge in [0.05, 0.1) is 0 Å². The highest BCUT2D eigenvalue weighted by molar-refractivity contribution is 7.61. The minimum atomic E-state index is -0.0490. The van der Waals surface area contributed by atoms with Gasteiger partial charge in [-0.05, 0) is 34.7 Å². The molecule has 1 fully saturated rings. The van der Waals surface area contributed by atoms with Crippen LogP contribution in [0.4, 0.5) is 0 Å². The molecule has 0 saturated heterocycles. The average molecular weight is 244 g/mol. The van der Waals surface area contributed by atoms with Crippen LogP contribution < -0.4 is 0 Å². The van der Waals surface area contributed by atoms with Crippen LogP contribution in [0.3, 0.4) is 0 Å². The van der Waals surface area contributed by atoms with E-state index in [4.69, 9.17) is 0 Å². The molecule has 1 nitrogen and oxygen atoms in total. The molecule has 16 heavy (non-hydrogen) atoms. The second-order valence-electron chi connectivity index (χ2n) is 7.15. The summed E-state index contributed by atoms with van der Waals surface area (Å²) in [5.74, 6) is 0.574. The number of aliphatic hydroxyl groups is 1. The van der Waals surface area contributed by atoms with Gasteiger partial charge in [0, 0.05) is 6.61 Å². The minimum absolute atomic E-state index is 0.0490. The van der Waals surface area contributed by atoms with E-state index in [0.29, 0.717) is 22.8 Å². The zero-order valence-electron chi connectivity index (χ0n) is 11.9. The lowest BCUT2D eigenvalue weighted by Gasteiger charge is -2.47. The molecular formula is C14H29OP. The SMILES string of the molecule is CC(C)(C)P(C1CCCC1CO)C(C)(C)C. The van der Waals surface area contributed by atoms with Crippen molar-refractivity contribution in [1.29, 1.82) is 0 Å². The van der Waals surface area contributed by atoms with Gasteiger partial charge >= 0.3 is 0 Å². The van der Waals surface area contributed by atoms with Gasteiger partial charge in [0.2, 0.25) is 0 Å². The molecule has 1 aliphatic rings. The van der Waals surface area contributed by atoms with Crippen molar-refractivity contribution in [3.63, 3.8) is 0 Å². The van der Waals surface area contributed by atoms with Crippen LogP contribution in [0.25, 0.3) is 0 Å². The normalized spacial score (nSPS) is 27.8. The third kappa shape index (κ3) is 3.20. The summed E-state index contributed by atoms with van der Waals surface area (Å²) in [4.78, 5) is 0. The first-order chi connectivity index (χ1) is 7.18. The Morgan fingerprint density at radius 2 is 1.50 bits per heavy atom. The van der Waals surface area contributed by atoms with E-state index in [2.05, 4.69) is 41.5 Å². The molecule has 0 bridgehead atoms. The maximum Gasteiger partial charge on any atom is 0.0465 e. The van der Waals surface area contributed by atoms with Crippen LogP contribution in [0.5, 0.6) is 0 Å². The Bertz CT molecular complexity index is 210. The van der Waals surface area contributed by atoms with E-state index in [1.807, 2.05) is 0 Å². The van der Waals surface area contributed by atoms with Crippen molar-refractivity contribution in [3.8, 4) is 0 Å². The van der Waals surface area contributed by atoms with E-state index in [1.54, 1.807) is 0 Å². The zero-order valence-corrected chi connectivity index (χ0v) is 12.8. The second-order valence-corrected chi connectivity index (χ2v) is 11.2. The van der Waals surface area contributed by atoms with Crippen molar-refractivity contribution in [2.24, 2.45) is 5.92 Å². The van der Waals surface area contributed by atoms with Gasteiger partial charge in [-0.1, -0.05) is 55.9 Å². The van der Waals surface area contributed by atoms with Gasteiger partial charge in [0.15, 0.2) is 0 Å². The summed E-state index contributed by atoms with van der Waals surface area (Å²) >= 11 is 0. The summed E-state index contributed by atoms with van der Waals surface area (Å²) in [6.45, 7) is 14.7. The first-order valence-corrected chi connectivity index (χ1v) is 7.99. The van der Waals surface area contributed by atoms with Crippen molar-refractivity contribution in [2.45, 2.75) is 76.8 Å². The largest absolute Gasteiger partial charge is 0.396 e. The van der Waals surface area contributed by atoms with Crippen molar-refractivity contribution < 1.29 is 5.11 Å². The number of hydrogen-bond acceptors (Lipinski definition) is 1. The van der Waals surface area contributed by atoms with Crippen molar-refractivity contribution >= 4 is 7.92 Å². The van der Waals surface area contributed by atoms with Crippen molar-refractivity contribution in [3.05, 3.63) is 0 Å². The lowest BCUT2D eigenvalue weighted by Crippen LogP contribution is -2.34. The fraction of sp³-hybridized carbons (Fsp3) is 1.00. The van der Waals surface area contributed by atoms with Crippen LogP contribution in [-0.2, 0) is 0 Å². The third-order valence-corrected chi connectivity index (χ3v) is 7.86. The summed E-state index contributed by atoms with van der Waals surface area (Å²) in [7, 11) is -0.0490. The molecule has 0 aromatic rings. The smallest absolute Gasteiger partial charge is 0.0465 e. The molecule has 1 saturated carbocycles. The Balaban J connectivity index is 2.93. The van der Waals surface area contributed by atoms with Gasteiger partial charge in [0.25, 0.3) is 0 Å². The molecule has 2 heteroatoms. The predicted molar refractivity (Wildman–Crippen MR) is 74.6 cm³/mol. The van der Waals surface area contributed by atoms with E-state index in [9.17, 15) is 5.11 Å². The second kappa shape index (κ2) is 4.94. The summed E-state index contributed by atoms with van der Waals surface area (Å²) in [5, 5.41) is 10.3. The Kier molecular flexibility index (Phi) is 4.46. The van der Waals surface area contributed by atoms with E-state index >= 15 is 0 Å². The predicted octanol–water partition coefficient (Wildman–Crippen LogP) is 4.23. The fourth-order valence-electron chi connectivity index (χ4n) is 3.57. The van der Waals surface area contributed by atoms with E-state index in [-0.39, 0.29) is 7.92 Å². The van der Waals surface area contributed by atoms with E-state index in [1.165, 1.54) is 19.3 Å². The van der Waals surface area contributed by atoms with Crippen molar-refractivity contribution in [2.75, 3.05) is 6.61 Å². The molecule has 1 aliphatic carbocycles. The number of aliphatic hydroxyl groups excluding tert-OH is 1. The summed E-state index contributed by atoms with van der Waals surface area (Å²) < 4.78 is 0. The highest BCUT2D eigenvalue weighted by Gasteiger charge is 2.44. The summed E-state index contributed by atoms with van der Waals surface area (Å²) in [5.41, 5.74) is 0.778. The van der Waals surface area contributed by atoms with Gasteiger partial charge in [-0.25, -0.2) is 0 Å². The van der Waals surface area contributed by atoms with Crippen molar-refractivity contribution in [1.82, 2.24) is 0 Å². The molecule has 0 amide bonds. The highest BCUT2D eigenvalue weighted by Crippen LogP contribution is 2.66. The quantitative estimate of drug-likeness (QED) is 0.721. The first-order valence-electron chi connectivity index (χ1n) is 6.58. The van der Waals surface area contributed by atoms with Crippen LogP contribution in [0.2, 0.25) is 0 Å². The monoisotopic (exact) mass is 244 g/mol. The minimum Gasteiger partial charge on any atom is -0.396 e. The third-order valence-electron chi connectivity index (χ3n) is 3.63. The molecular weight excluding hydrogens is 215 g/mol. The van der Waals surface area contributed by atoms with Crippen LogP contribution in [0.15, 0.2) is 0 Å². The van der Waals surface area contributed by atoms with Crippen LogP contribution >= 0.6 is 7.92 Å².